The SMILES string of the molecule is COC(=O)c1cc(C=O)ccc1NS(=O)(=O)N1CC(Oc2ccc(F)cc2)C1. The Morgan fingerprint density at radius 2 is 1.89 bits per heavy atom. The average molecular weight is 408 g/mol. The molecule has 1 fully saturated rings. The van der Waals surface area contributed by atoms with Crippen LogP contribution in [0.15, 0.2) is 42.5 Å². The van der Waals surface area contributed by atoms with Gasteiger partial charge in [-0.3, -0.25) is 9.52 Å². The minimum Gasteiger partial charge on any atom is -0.488 e. The number of methoxy groups -OCH3 is 1. The molecule has 1 aliphatic heterocycles. The van der Waals surface area contributed by atoms with Crippen LogP contribution in [0, 0.1) is 5.82 Å². The molecule has 0 radical (unpaired) electrons. The molecule has 0 amide bonds. The van der Waals surface area contributed by atoms with Gasteiger partial charge in [-0.1, -0.05) is 0 Å². The monoisotopic (exact) mass is 408 g/mol. The van der Waals surface area contributed by atoms with Gasteiger partial charge >= 0.3 is 16.2 Å². The molecule has 2 aromatic carbocycles. The van der Waals surface area contributed by atoms with Gasteiger partial charge in [-0.25, -0.2) is 9.18 Å². The second-order valence-electron chi connectivity index (χ2n) is 6.03. The summed E-state index contributed by atoms with van der Waals surface area (Å²) in [6.07, 6.45) is 0.164. The van der Waals surface area contributed by atoms with Crippen molar-refractivity contribution in [3.8, 4) is 5.75 Å². The summed E-state index contributed by atoms with van der Waals surface area (Å²) in [4.78, 5) is 22.8. The number of carbonyl (C=O) groups is 2. The van der Waals surface area contributed by atoms with Gasteiger partial charge < -0.3 is 9.47 Å². The molecule has 10 heteroatoms. The number of hydrogen-bond acceptors (Lipinski definition) is 6. The maximum atomic E-state index is 12.9. The number of nitrogens with zero attached hydrogens (tertiary/aromatic N) is 1. The van der Waals surface area contributed by atoms with Crippen molar-refractivity contribution < 1.29 is 31.9 Å². The number of nitrogens with one attached hydrogen (secondary N) is 1. The summed E-state index contributed by atoms with van der Waals surface area (Å²) < 4.78 is 51.6. The van der Waals surface area contributed by atoms with Crippen LogP contribution in [-0.4, -0.2) is 51.3 Å². The summed E-state index contributed by atoms with van der Waals surface area (Å²) in [5.74, 6) is -0.729. The first kappa shape index (κ1) is 19.8. The smallest absolute Gasteiger partial charge is 0.340 e. The Hall–Kier alpha value is -2.98. The Balaban J connectivity index is 1.67. The van der Waals surface area contributed by atoms with Crippen molar-refractivity contribution in [2.45, 2.75) is 6.10 Å². The number of rotatable bonds is 7. The topological polar surface area (TPSA) is 102 Å². The third-order valence-electron chi connectivity index (χ3n) is 4.09. The van der Waals surface area contributed by atoms with Crippen LogP contribution < -0.4 is 9.46 Å². The molecule has 0 aliphatic carbocycles. The third-order valence-corrected chi connectivity index (χ3v) is 5.55. The van der Waals surface area contributed by atoms with Crippen LogP contribution >= 0.6 is 0 Å². The van der Waals surface area contributed by atoms with E-state index in [0.717, 1.165) is 11.4 Å². The molecule has 0 unspecified atom stereocenters. The molecule has 0 atom stereocenters. The quantitative estimate of drug-likeness (QED) is 0.554. The van der Waals surface area contributed by atoms with Gasteiger partial charge in [0, 0.05) is 5.56 Å². The number of aldehydes is 1. The standard InChI is InChI=1S/C18H17FN2O6S/c1-26-18(23)16-8-12(11-22)2-7-17(16)20-28(24,25)21-9-15(10-21)27-14-5-3-13(19)4-6-14/h2-8,11,15,20H,9-10H2,1H3. The van der Waals surface area contributed by atoms with Crippen molar-refractivity contribution in [1.29, 1.82) is 0 Å². The number of carbonyl (C=O) groups excluding carboxylic acids is 2. The molecule has 3 rings (SSSR count). The second kappa shape index (κ2) is 7.95. The Kier molecular flexibility index (Phi) is 5.61. The van der Waals surface area contributed by atoms with Crippen LogP contribution in [0.25, 0.3) is 0 Å². The molecular formula is C18H17FN2O6S. The first-order chi connectivity index (χ1) is 13.3. The molecule has 1 heterocycles. The van der Waals surface area contributed by atoms with Crippen molar-refractivity contribution in [3.05, 3.63) is 59.4 Å². The molecule has 0 spiro atoms. The molecule has 1 N–H and O–H groups in total. The van der Waals surface area contributed by atoms with E-state index in [1.165, 1.54) is 42.5 Å². The molecule has 8 nitrogen and oxygen atoms in total. The molecular weight excluding hydrogens is 391 g/mol. The number of esters is 1. The number of anilines is 1. The van der Waals surface area contributed by atoms with Gasteiger partial charge in [0.1, 0.15) is 24.0 Å². The van der Waals surface area contributed by atoms with Gasteiger partial charge in [-0.2, -0.15) is 12.7 Å². The lowest BCUT2D eigenvalue weighted by atomic mass is 10.1. The first-order valence-electron chi connectivity index (χ1n) is 8.20. The Bertz CT molecular complexity index is 988. The maximum absolute atomic E-state index is 12.9. The Morgan fingerprint density at radius 3 is 2.50 bits per heavy atom. The molecule has 1 saturated heterocycles. The average Bonchev–Trinajstić information content (AvgIpc) is 2.65. The zero-order chi connectivity index (χ0) is 20.3. The Labute approximate surface area is 161 Å². The molecule has 0 aromatic heterocycles. The van der Waals surface area contributed by atoms with Gasteiger partial charge in [-0.05, 0) is 42.5 Å². The zero-order valence-electron chi connectivity index (χ0n) is 14.8. The molecule has 0 bridgehead atoms. The van der Waals surface area contributed by atoms with Crippen LogP contribution in [0.1, 0.15) is 20.7 Å². The molecule has 0 saturated carbocycles. The second-order valence-corrected chi connectivity index (χ2v) is 7.70. The number of benzene rings is 2. The summed E-state index contributed by atoms with van der Waals surface area (Å²) in [5, 5.41) is 0. The maximum Gasteiger partial charge on any atom is 0.340 e. The van der Waals surface area contributed by atoms with Gasteiger partial charge in [0.15, 0.2) is 0 Å². The third kappa shape index (κ3) is 4.29. The van der Waals surface area contributed by atoms with Crippen LogP contribution in [0.4, 0.5) is 10.1 Å². The fourth-order valence-corrected chi connectivity index (χ4v) is 3.89. The lowest BCUT2D eigenvalue weighted by Crippen LogP contribution is -2.57. The highest BCUT2D eigenvalue weighted by Gasteiger charge is 2.37. The van der Waals surface area contributed by atoms with Crippen molar-refractivity contribution in [2.24, 2.45) is 0 Å². The highest BCUT2D eigenvalue weighted by atomic mass is 32.2. The summed E-state index contributed by atoms with van der Waals surface area (Å²) in [6.45, 7) is 0.180. The predicted octanol–water partition coefficient (Wildman–Crippen LogP) is 1.84. The van der Waals surface area contributed by atoms with E-state index in [0.29, 0.717) is 12.0 Å². The highest BCUT2D eigenvalue weighted by molar-refractivity contribution is 7.90. The number of halogens is 1. The Morgan fingerprint density at radius 1 is 1.21 bits per heavy atom. The van der Waals surface area contributed by atoms with Crippen LogP contribution in [0.5, 0.6) is 5.75 Å². The fourth-order valence-electron chi connectivity index (χ4n) is 2.58. The van der Waals surface area contributed by atoms with Crippen molar-refractivity contribution >= 4 is 28.2 Å². The summed E-state index contributed by atoms with van der Waals surface area (Å²) in [7, 11) is -2.79. The fraction of sp³-hybridized carbons (Fsp3) is 0.222. The lowest BCUT2D eigenvalue weighted by Gasteiger charge is -2.37. The zero-order valence-corrected chi connectivity index (χ0v) is 15.6. The minimum absolute atomic E-state index is 0.000327. The van der Waals surface area contributed by atoms with Crippen molar-refractivity contribution in [1.82, 2.24) is 4.31 Å². The summed E-state index contributed by atoms with van der Waals surface area (Å²) in [5.41, 5.74) is 0.135. The summed E-state index contributed by atoms with van der Waals surface area (Å²) >= 11 is 0. The number of ether oxygens (including phenoxy) is 2. The first-order valence-corrected chi connectivity index (χ1v) is 9.64. The highest BCUT2D eigenvalue weighted by Crippen LogP contribution is 2.24. The molecule has 2 aromatic rings. The minimum atomic E-state index is -3.95. The van der Waals surface area contributed by atoms with E-state index < -0.39 is 22.0 Å². The molecule has 1 aliphatic rings. The van der Waals surface area contributed by atoms with E-state index >= 15 is 0 Å². The van der Waals surface area contributed by atoms with Gasteiger partial charge in [0.05, 0.1) is 31.5 Å². The largest absolute Gasteiger partial charge is 0.488 e. The van der Waals surface area contributed by atoms with E-state index in [-0.39, 0.29) is 36.0 Å². The van der Waals surface area contributed by atoms with Gasteiger partial charge in [0.25, 0.3) is 0 Å². The predicted molar refractivity (Wildman–Crippen MR) is 98.1 cm³/mol. The molecule has 28 heavy (non-hydrogen) atoms. The van der Waals surface area contributed by atoms with E-state index in [1.54, 1.807) is 0 Å². The molecule has 148 valence electrons. The van der Waals surface area contributed by atoms with Crippen LogP contribution in [0.3, 0.4) is 0 Å². The summed E-state index contributed by atoms with van der Waals surface area (Å²) in [6, 6.07) is 9.37. The van der Waals surface area contributed by atoms with Crippen LogP contribution in [0.2, 0.25) is 0 Å². The van der Waals surface area contributed by atoms with E-state index in [9.17, 15) is 22.4 Å². The van der Waals surface area contributed by atoms with Gasteiger partial charge in [0.2, 0.25) is 0 Å². The van der Waals surface area contributed by atoms with Crippen LogP contribution in [-0.2, 0) is 14.9 Å². The normalized spacial score (nSPS) is 14.8. The number of hydrogen-bond donors (Lipinski definition) is 1. The van der Waals surface area contributed by atoms with E-state index in [4.69, 9.17) is 4.74 Å². The lowest BCUT2D eigenvalue weighted by molar-refractivity contribution is 0.0601. The van der Waals surface area contributed by atoms with Crippen molar-refractivity contribution in [2.75, 3.05) is 24.9 Å². The van der Waals surface area contributed by atoms with Gasteiger partial charge in [-0.15, -0.1) is 0 Å². The van der Waals surface area contributed by atoms with E-state index in [1.807, 2.05) is 0 Å². The van der Waals surface area contributed by atoms with E-state index in [2.05, 4.69) is 9.46 Å². The van der Waals surface area contributed by atoms with Crippen molar-refractivity contribution in [3.63, 3.8) is 0 Å².